The number of rotatable bonds is 11. The van der Waals surface area contributed by atoms with E-state index < -0.39 is 5.97 Å². The highest BCUT2D eigenvalue weighted by molar-refractivity contribution is 6.34. The molecule has 256 valence electrons. The average Bonchev–Trinajstić information content (AvgIpc) is 3.38. The van der Waals surface area contributed by atoms with Crippen molar-refractivity contribution in [2.75, 3.05) is 4.90 Å². The summed E-state index contributed by atoms with van der Waals surface area (Å²) in [4.78, 5) is 40.4. The number of benzene rings is 3. The summed E-state index contributed by atoms with van der Waals surface area (Å²) < 4.78 is 5.74. The molecule has 0 atom stereocenters. The van der Waals surface area contributed by atoms with Crippen LogP contribution in [-0.4, -0.2) is 17.8 Å². The Bertz CT molecular complexity index is 1720. The molecule has 0 saturated heterocycles. The van der Waals surface area contributed by atoms with Gasteiger partial charge in [0, 0.05) is 5.57 Å². The minimum atomic E-state index is -0.439. The van der Waals surface area contributed by atoms with Crippen molar-refractivity contribution in [2.24, 2.45) is 17.8 Å². The van der Waals surface area contributed by atoms with E-state index in [4.69, 9.17) is 4.74 Å². The number of nitrogens with zero attached hydrogens (tertiary/aromatic N) is 1. The van der Waals surface area contributed by atoms with E-state index in [9.17, 15) is 14.4 Å². The van der Waals surface area contributed by atoms with Crippen molar-refractivity contribution in [1.82, 2.24) is 0 Å². The first-order chi connectivity index (χ1) is 23.7. The van der Waals surface area contributed by atoms with Crippen LogP contribution in [0.15, 0.2) is 72.8 Å². The highest BCUT2D eigenvalue weighted by atomic mass is 16.5. The maximum absolute atomic E-state index is 13.1. The molecule has 3 aromatic rings. The Hall–Kier alpha value is -4.25. The van der Waals surface area contributed by atoms with Crippen molar-refractivity contribution in [2.45, 2.75) is 104 Å². The van der Waals surface area contributed by atoms with Gasteiger partial charge in [0.25, 0.3) is 11.8 Å². The summed E-state index contributed by atoms with van der Waals surface area (Å²) in [6.07, 6.45) is 20.2. The molecule has 1 heterocycles. The number of imide groups is 1. The number of aryl methyl sites for hydroxylation is 1. The molecule has 0 radical (unpaired) electrons. The van der Waals surface area contributed by atoms with Crippen molar-refractivity contribution >= 4 is 35.6 Å². The van der Waals surface area contributed by atoms with Gasteiger partial charge in [-0.3, -0.25) is 9.59 Å². The van der Waals surface area contributed by atoms with Crippen LogP contribution < -0.4 is 9.64 Å². The molecule has 5 heteroatoms. The zero-order chi connectivity index (χ0) is 34.5. The maximum atomic E-state index is 13.1. The topological polar surface area (TPSA) is 63.7 Å². The fourth-order valence-electron chi connectivity index (χ4n) is 8.42. The van der Waals surface area contributed by atoms with Gasteiger partial charge in [-0.25, -0.2) is 9.69 Å². The lowest BCUT2D eigenvalue weighted by molar-refractivity contribution is -0.130. The zero-order valence-electron chi connectivity index (χ0n) is 29.5. The van der Waals surface area contributed by atoms with Crippen molar-refractivity contribution < 1.29 is 19.1 Å². The molecule has 49 heavy (non-hydrogen) atoms. The molecule has 0 unspecified atom stereocenters. The zero-order valence-corrected chi connectivity index (χ0v) is 29.5. The van der Waals surface area contributed by atoms with Gasteiger partial charge in [-0.05, 0) is 135 Å². The molecule has 0 spiro atoms. The Morgan fingerprint density at radius 2 is 1.47 bits per heavy atom. The number of hydrogen-bond acceptors (Lipinski definition) is 4. The van der Waals surface area contributed by atoms with E-state index in [-0.39, 0.29) is 11.8 Å². The summed E-state index contributed by atoms with van der Waals surface area (Å²) in [5.74, 6) is 2.67. The molecule has 0 N–H and O–H groups in total. The predicted octanol–water partition coefficient (Wildman–Crippen LogP) is 11.1. The lowest BCUT2D eigenvalue weighted by Gasteiger charge is -2.38. The molecule has 2 fully saturated rings. The van der Waals surface area contributed by atoms with Crippen LogP contribution in [0.1, 0.15) is 140 Å². The first-order valence-electron chi connectivity index (χ1n) is 18.5. The van der Waals surface area contributed by atoms with Crippen LogP contribution in [0.4, 0.5) is 5.69 Å². The molecule has 2 aliphatic carbocycles. The van der Waals surface area contributed by atoms with Gasteiger partial charge in [0.15, 0.2) is 0 Å². The van der Waals surface area contributed by atoms with Gasteiger partial charge in [-0.15, -0.1) is 0 Å². The Morgan fingerprint density at radius 3 is 2.12 bits per heavy atom. The van der Waals surface area contributed by atoms with Gasteiger partial charge in [-0.2, -0.15) is 0 Å². The predicted molar refractivity (Wildman–Crippen MR) is 199 cm³/mol. The Balaban J connectivity index is 1.00. The van der Waals surface area contributed by atoms with Crippen LogP contribution in [0.3, 0.4) is 0 Å². The minimum Gasteiger partial charge on any atom is -0.423 e. The van der Waals surface area contributed by atoms with Gasteiger partial charge in [-0.1, -0.05) is 88.4 Å². The number of carbonyl (C=O) groups excluding carboxylic acids is 3. The summed E-state index contributed by atoms with van der Waals surface area (Å²) in [6, 6.07) is 18.8. The summed E-state index contributed by atoms with van der Waals surface area (Å²) in [6.45, 7) is 9.60. The molecule has 2 amide bonds. The van der Waals surface area contributed by atoms with Crippen molar-refractivity contribution in [3.05, 3.63) is 106 Å². The molecule has 0 bridgehead atoms. The fraction of sp³-hybridized carbons (Fsp3) is 0.432. The summed E-state index contributed by atoms with van der Waals surface area (Å²) >= 11 is 0. The van der Waals surface area contributed by atoms with E-state index in [0.717, 1.165) is 33.8 Å². The molecule has 3 aromatic carbocycles. The monoisotopic (exact) mass is 657 g/mol. The first kappa shape index (κ1) is 34.6. The number of unbranched alkanes of at least 4 members (excludes halogenated alkanes) is 2. The van der Waals surface area contributed by atoms with Crippen LogP contribution in [0.2, 0.25) is 0 Å². The van der Waals surface area contributed by atoms with Gasteiger partial charge >= 0.3 is 5.97 Å². The largest absolute Gasteiger partial charge is 0.423 e. The van der Waals surface area contributed by atoms with Gasteiger partial charge in [0.05, 0.1) is 16.8 Å². The lowest BCUT2D eigenvalue weighted by atomic mass is 9.68. The van der Waals surface area contributed by atoms with Crippen LogP contribution in [-0.2, 0) is 4.79 Å². The standard InChI is InChI=1S/C44H51NO4/c1-5-7-8-9-32-10-15-34(16-11-32)36-19-21-37(22-20-36)35-17-12-33(13-18-35)26-30(4)44(48)49-41-25-23-38(27-29(41)3)45-42(46)39-24-14-31(6-2)28-40(39)43(45)47/h6,12-14,17-18,23-28,32,34,36-37H,2,5,7-11,15-16,19-22H2,1,3-4H3/b30-26+. The normalized spacial score (nSPS) is 22.6. The third-order valence-electron chi connectivity index (χ3n) is 11.4. The smallest absolute Gasteiger partial charge is 0.339 e. The van der Waals surface area contributed by atoms with E-state index in [1.807, 2.05) is 6.08 Å². The van der Waals surface area contributed by atoms with Crippen molar-refractivity contribution in [3.63, 3.8) is 0 Å². The average molecular weight is 658 g/mol. The molecule has 3 aliphatic rings. The summed E-state index contributed by atoms with van der Waals surface area (Å²) in [5.41, 5.74) is 5.46. The third kappa shape index (κ3) is 7.82. The summed E-state index contributed by atoms with van der Waals surface area (Å²) in [7, 11) is 0. The molecular weight excluding hydrogens is 606 g/mol. The number of ether oxygens (including phenoxy) is 1. The molecular formula is C44H51NO4. The van der Waals surface area contributed by atoms with Gasteiger partial charge < -0.3 is 4.74 Å². The lowest BCUT2D eigenvalue weighted by Crippen LogP contribution is -2.29. The second-order valence-electron chi connectivity index (χ2n) is 14.7. The highest BCUT2D eigenvalue weighted by Gasteiger charge is 2.37. The van der Waals surface area contributed by atoms with E-state index >= 15 is 0 Å². The van der Waals surface area contributed by atoms with E-state index in [1.165, 1.54) is 82.6 Å². The molecule has 2 saturated carbocycles. The SMILES string of the molecule is C=Cc1ccc2c(c1)C(=O)N(c1ccc(OC(=O)/C(C)=C/c3ccc(C4CCC(C5CCC(CCCCC)CC5)CC4)cc3)c(C)c1)C2=O. The number of hydrogen-bond donors (Lipinski definition) is 0. The Labute approximate surface area is 292 Å². The maximum Gasteiger partial charge on any atom is 0.339 e. The number of amides is 2. The number of esters is 1. The van der Waals surface area contributed by atoms with Gasteiger partial charge in [0.1, 0.15) is 5.75 Å². The molecule has 5 nitrogen and oxygen atoms in total. The van der Waals surface area contributed by atoms with E-state index in [1.54, 1.807) is 56.3 Å². The second-order valence-corrected chi connectivity index (χ2v) is 14.7. The number of anilines is 1. The fourth-order valence-corrected chi connectivity index (χ4v) is 8.42. The quantitative estimate of drug-likeness (QED) is 0.0677. The highest BCUT2D eigenvalue weighted by Crippen LogP contribution is 2.44. The van der Waals surface area contributed by atoms with Crippen LogP contribution in [0.5, 0.6) is 5.75 Å². The van der Waals surface area contributed by atoms with Crippen molar-refractivity contribution in [3.8, 4) is 5.75 Å². The summed E-state index contributed by atoms with van der Waals surface area (Å²) in [5, 5.41) is 0. The Morgan fingerprint density at radius 1 is 0.816 bits per heavy atom. The second kappa shape index (κ2) is 15.5. The molecule has 6 rings (SSSR count). The van der Waals surface area contributed by atoms with E-state index in [2.05, 4.69) is 37.8 Å². The van der Waals surface area contributed by atoms with Crippen LogP contribution in [0, 0.1) is 24.7 Å². The van der Waals surface area contributed by atoms with Gasteiger partial charge in [0.2, 0.25) is 0 Å². The number of carbonyl (C=O) groups is 3. The van der Waals surface area contributed by atoms with Crippen molar-refractivity contribution in [1.29, 1.82) is 0 Å². The number of fused-ring (bicyclic) bond motifs is 1. The van der Waals surface area contributed by atoms with E-state index in [0.29, 0.717) is 39.6 Å². The first-order valence-corrected chi connectivity index (χ1v) is 18.5. The molecule has 1 aliphatic heterocycles. The minimum absolute atomic E-state index is 0.359. The van der Waals surface area contributed by atoms with Crippen LogP contribution in [0.25, 0.3) is 12.2 Å². The van der Waals surface area contributed by atoms with Crippen LogP contribution >= 0.6 is 0 Å². The third-order valence-corrected chi connectivity index (χ3v) is 11.4. The molecule has 0 aromatic heterocycles. The Kier molecular flexibility index (Phi) is 11.0.